The first-order chi connectivity index (χ1) is 11.3. The third-order valence-electron chi connectivity index (χ3n) is 3.03. The normalized spacial score (nSPS) is 11.0. The first kappa shape index (κ1) is 17.4. The van der Waals surface area contributed by atoms with Gasteiger partial charge in [-0.25, -0.2) is 4.79 Å². The van der Waals surface area contributed by atoms with E-state index in [1.165, 1.54) is 6.20 Å². The van der Waals surface area contributed by atoms with Crippen molar-refractivity contribution in [2.24, 2.45) is 0 Å². The van der Waals surface area contributed by atoms with Crippen LogP contribution in [0.25, 0.3) is 11.1 Å². The van der Waals surface area contributed by atoms with Crippen LogP contribution in [0.1, 0.15) is 26.5 Å². The van der Waals surface area contributed by atoms with Gasteiger partial charge in [-0.05, 0) is 32.4 Å². The zero-order chi connectivity index (χ0) is 17.7. The highest BCUT2D eigenvalue weighted by Gasteiger charge is 2.18. The summed E-state index contributed by atoms with van der Waals surface area (Å²) in [6, 6.07) is 10.6. The summed E-state index contributed by atoms with van der Waals surface area (Å²) >= 11 is 0. The van der Waals surface area contributed by atoms with E-state index in [4.69, 9.17) is 4.74 Å². The molecule has 0 saturated carbocycles. The Balaban J connectivity index is 2.21. The maximum atomic E-state index is 11.7. The number of aromatic nitrogens is 1. The van der Waals surface area contributed by atoms with Crippen LogP contribution in [-0.4, -0.2) is 21.6 Å². The van der Waals surface area contributed by atoms with Gasteiger partial charge in [0, 0.05) is 0 Å². The van der Waals surface area contributed by atoms with Crippen molar-refractivity contribution >= 4 is 11.8 Å². The van der Waals surface area contributed by atoms with E-state index in [1.54, 1.807) is 51.1 Å². The Morgan fingerprint density at radius 2 is 1.96 bits per heavy atom. The van der Waals surface area contributed by atoms with Gasteiger partial charge in [-0.2, -0.15) is 0 Å². The third-order valence-corrected chi connectivity index (χ3v) is 3.03. The topological polar surface area (TPSA) is 94.4 Å². The summed E-state index contributed by atoms with van der Waals surface area (Å²) in [7, 11) is 0. The van der Waals surface area contributed by atoms with Gasteiger partial charge >= 0.3 is 6.09 Å². The summed E-state index contributed by atoms with van der Waals surface area (Å²) in [6.07, 6.45) is 0.637. The molecule has 0 aliphatic heterocycles. The van der Waals surface area contributed by atoms with Gasteiger partial charge in [-0.3, -0.25) is 15.1 Å². The zero-order valence-electron chi connectivity index (χ0n) is 13.8. The van der Waals surface area contributed by atoms with Crippen molar-refractivity contribution in [2.75, 3.05) is 0 Å². The van der Waals surface area contributed by atoms with E-state index in [1.807, 2.05) is 6.07 Å². The summed E-state index contributed by atoms with van der Waals surface area (Å²) in [6.45, 7) is 5.42. The molecule has 0 bridgehead atoms. The lowest BCUT2D eigenvalue weighted by molar-refractivity contribution is -0.384. The van der Waals surface area contributed by atoms with Gasteiger partial charge in [-0.1, -0.05) is 30.3 Å². The standard InChI is InChI=1S/C17H19N3O4/c1-17(2,3)24-16(21)19-10-13-9-14(12-7-5-4-6-8-12)15(11-18-13)20(22)23/h4-9,11H,10H2,1-3H3,(H,19,21). The number of benzene rings is 1. The molecule has 7 heteroatoms. The first-order valence-corrected chi connectivity index (χ1v) is 7.42. The molecule has 0 aliphatic rings. The van der Waals surface area contributed by atoms with Gasteiger partial charge in [0.2, 0.25) is 0 Å². The molecule has 0 saturated heterocycles. The smallest absolute Gasteiger partial charge is 0.407 e. The lowest BCUT2D eigenvalue weighted by Crippen LogP contribution is -2.32. The number of hydrogen-bond donors (Lipinski definition) is 1. The fraction of sp³-hybridized carbons (Fsp3) is 0.294. The van der Waals surface area contributed by atoms with Crippen molar-refractivity contribution in [3.8, 4) is 11.1 Å². The maximum absolute atomic E-state index is 11.7. The number of alkyl carbamates (subject to hydrolysis) is 1. The molecule has 1 heterocycles. The van der Waals surface area contributed by atoms with Crippen LogP contribution in [0.3, 0.4) is 0 Å². The molecule has 1 amide bonds. The number of pyridine rings is 1. The number of ether oxygens (including phenoxy) is 1. The predicted molar refractivity (Wildman–Crippen MR) is 89.4 cm³/mol. The summed E-state index contributed by atoms with van der Waals surface area (Å²) in [4.78, 5) is 26.5. The van der Waals surface area contributed by atoms with Gasteiger partial charge in [-0.15, -0.1) is 0 Å². The maximum Gasteiger partial charge on any atom is 0.407 e. The lowest BCUT2D eigenvalue weighted by atomic mass is 10.0. The summed E-state index contributed by atoms with van der Waals surface area (Å²) in [5, 5.41) is 13.8. The molecule has 7 nitrogen and oxygen atoms in total. The average Bonchev–Trinajstić information content (AvgIpc) is 2.52. The van der Waals surface area contributed by atoms with E-state index in [9.17, 15) is 14.9 Å². The van der Waals surface area contributed by atoms with Crippen molar-refractivity contribution in [1.29, 1.82) is 0 Å². The molecule has 126 valence electrons. The van der Waals surface area contributed by atoms with Crippen LogP contribution >= 0.6 is 0 Å². The number of nitrogens with zero attached hydrogens (tertiary/aromatic N) is 2. The summed E-state index contributed by atoms with van der Waals surface area (Å²) in [5.41, 5.74) is 0.997. The number of rotatable bonds is 4. The Morgan fingerprint density at radius 3 is 2.54 bits per heavy atom. The fourth-order valence-electron chi connectivity index (χ4n) is 2.06. The van der Waals surface area contributed by atoms with E-state index >= 15 is 0 Å². The Bertz CT molecular complexity index is 739. The number of carbonyl (C=O) groups excluding carboxylic acids is 1. The molecule has 0 fully saturated rings. The second-order valence-corrected chi connectivity index (χ2v) is 6.17. The van der Waals surface area contributed by atoms with Crippen molar-refractivity contribution < 1.29 is 14.5 Å². The lowest BCUT2D eigenvalue weighted by Gasteiger charge is -2.19. The van der Waals surface area contributed by atoms with Gasteiger partial charge in [0.25, 0.3) is 5.69 Å². The molecule has 0 spiro atoms. The molecular formula is C17H19N3O4. The molecule has 1 N–H and O–H groups in total. The Kier molecular flexibility index (Phi) is 5.13. The minimum Gasteiger partial charge on any atom is -0.444 e. The molecule has 24 heavy (non-hydrogen) atoms. The zero-order valence-corrected chi connectivity index (χ0v) is 13.8. The molecule has 0 radical (unpaired) electrons. The van der Waals surface area contributed by atoms with Gasteiger partial charge < -0.3 is 10.1 Å². The Hall–Kier alpha value is -2.96. The Morgan fingerprint density at radius 1 is 1.29 bits per heavy atom. The minimum absolute atomic E-state index is 0.0813. The van der Waals surface area contributed by atoms with Crippen molar-refractivity contribution in [2.45, 2.75) is 32.9 Å². The van der Waals surface area contributed by atoms with Gasteiger partial charge in [0.15, 0.2) is 0 Å². The quantitative estimate of drug-likeness (QED) is 0.682. The monoisotopic (exact) mass is 329 g/mol. The van der Waals surface area contributed by atoms with E-state index in [0.717, 1.165) is 0 Å². The van der Waals surface area contributed by atoms with Crippen LogP contribution in [0.2, 0.25) is 0 Å². The average molecular weight is 329 g/mol. The highest BCUT2D eigenvalue weighted by atomic mass is 16.6. The largest absolute Gasteiger partial charge is 0.444 e. The number of hydrogen-bond acceptors (Lipinski definition) is 5. The van der Waals surface area contributed by atoms with Crippen molar-refractivity contribution in [3.05, 3.63) is 58.4 Å². The highest BCUT2D eigenvalue weighted by molar-refractivity contribution is 5.73. The van der Waals surface area contributed by atoms with Crippen molar-refractivity contribution in [3.63, 3.8) is 0 Å². The van der Waals surface area contributed by atoms with Crippen LogP contribution in [0.4, 0.5) is 10.5 Å². The molecule has 0 aliphatic carbocycles. The predicted octanol–water partition coefficient (Wildman–Crippen LogP) is 3.68. The van der Waals surface area contributed by atoms with Gasteiger partial charge in [0.05, 0.1) is 22.7 Å². The third kappa shape index (κ3) is 4.77. The summed E-state index contributed by atoms with van der Waals surface area (Å²) < 4.78 is 5.15. The van der Waals surface area contributed by atoms with E-state index in [0.29, 0.717) is 16.8 Å². The second kappa shape index (κ2) is 7.08. The minimum atomic E-state index is -0.595. The van der Waals surface area contributed by atoms with Crippen LogP contribution in [0, 0.1) is 10.1 Å². The van der Waals surface area contributed by atoms with Crippen LogP contribution in [-0.2, 0) is 11.3 Å². The number of amides is 1. The molecule has 1 aromatic carbocycles. The second-order valence-electron chi connectivity index (χ2n) is 6.17. The van der Waals surface area contributed by atoms with E-state index in [-0.39, 0.29) is 12.2 Å². The molecule has 0 atom stereocenters. The molecule has 2 rings (SSSR count). The number of nitro groups is 1. The van der Waals surface area contributed by atoms with Crippen LogP contribution < -0.4 is 5.32 Å². The molecule has 0 unspecified atom stereocenters. The number of nitrogens with one attached hydrogen (secondary N) is 1. The first-order valence-electron chi connectivity index (χ1n) is 7.42. The van der Waals surface area contributed by atoms with Crippen LogP contribution in [0.5, 0.6) is 0 Å². The van der Waals surface area contributed by atoms with Crippen LogP contribution in [0.15, 0.2) is 42.6 Å². The van der Waals surface area contributed by atoms with Gasteiger partial charge in [0.1, 0.15) is 11.8 Å². The SMILES string of the molecule is CC(C)(C)OC(=O)NCc1cc(-c2ccccc2)c([N+](=O)[O-])cn1. The number of carbonyl (C=O) groups is 1. The highest BCUT2D eigenvalue weighted by Crippen LogP contribution is 2.29. The van der Waals surface area contributed by atoms with E-state index < -0.39 is 16.6 Å². The molecule has 1 aromatic heterocycles. The molecule has 2 aromatic rings. The summed E-state index contributed by atoms with van der Waals surface area (Å²) in [5.74, 6) is 0. The Labute approximate surface area is 139 Å². The fourth-order valence-corrected chi connectivity index (χ4v) is 2.06. The molecular weight excluding hydrogens is 310 g/mol. The van der Waals surface area contributed by atoms with Crippen molar-refractivity contribution in [1.82, 2.24) is 10.3 Å². The van der Waals surface area contributed by atoms with E-state index in [2.05, 4.69) is 10.3 Å².